The van der Waals surface area contributed by atoms with Crippen molar-refractivity contribution in [3.8, 4) is 0 Å². The van der Waals surface area contributed by atoms with Crippen molar-refractivity contribution in [3.63, 3.8) is 0 Å². The summed E-state index contributed by atoms with van der Waals surface area (Å²) in [5.41, 5.74) is -0.408. The molecule has 0 radical (unpaired) electrons. The largest absolute Gasteiger partial charge is 0.465 e. The van der Waals surface area contributed by atoms with Crippen LogP contribution in [-0.4, -0.2) is 119 Å². The van der Waals surface area contributed by atoms with E-state index in [1.807, 2.05) is 12.1 Å². The summed E-state index contributed by atoms with van der Waals surface area (Å²) >= 11 is 0. The number of amides is 3. The van der Waals surface area contributed by atoms with Gasteiger partial charge in [-0.1, -0.05) is 60.7 Å². The van der Waals surface area contributed by atoms with Gasteiger partial charge in [0.15, 0.2) is 5.54 Å². The number of urea groups is 1. The van der Waals surface area contributed by atoms with Crippen LogP contribution in [0.4, 0.5) is 4.79 Å². The first-order chi connectivity index (χ1) is 18.4. The molecule has 0 saturated carbocycles. The van der Waals surface area contributed by atoms with E-state index in [0.717, 1.165) is 31.1 Å². The fourth-order valence-electron chi connectivity index (χ4n) is 5.36. The number of aliphatic hydroxyl groups is 2. The zero-order valence-corrected chi connectivity index (χ0v) is 21.7. The Morgan fingerprint density at radius 3 is 2.00 bits per heavy atom. The lowest BCUT2D eigenvalue weighted by atomic mass is 9.81. The lowest BCUT2D eigenvalue weighted by Crippen LogP contribution is -2.54. The summed E-state index contributed by atoms with van der Waals surface area (Å²) in [5.74, 6) is -1.23. The number of hydrogen-bond acceptors (Lipinski definition) is 8. The predicted molar refractivity (Wildman–Crippen MR) is 140 cm³/mol. The van der Waals surface area contributed by atoms with Crippen LogP contribution in [0.25, 0.3) is 0 Å². The van der Waals surface area contributed by atoms with Gasteiger partial charge in [-0.3, -0.25) is 29.2 Å². The summed E-state index contributed by atoms with van der Waals surface area (Å²) in [6.07, 6.45) is -0.939. The number of β-amino-alcohol motifs (C(OH)–C–C–N with tert-alkyl or cyclic N) is 2. The number of rotatable bonds is 11. The second-order valence-electron chi connectivity index (χ2n) is 9.55. The highest BCUT2D eigenvalue weighted by Gasteiger charge is 2.60. The lowest BCUT2D eigenvalue weighted by molar-refractivity contribution is -0.147. The molecule has 4 rings (SSSR count). The molecule has 2 saturated heterocycles. The van der Waals surface area contributed by atoms with E-state index in [-0.39, 0.29) is 19.8 Å². The molecule has 2 aliphatic rings. The van der Waals surface area contributed by atoms with Gasteiger partial charge in [-0.05, 0) is 18.1 Å². The molecule has 10 heteroatoms. The molecule has 3 amide bonds. The molecule has 2 aromatic carbocycles. The Kier molecular flexibility index (Phi) is 9.11. The average molecular weight is 525 g/mol. The highest BCUT2D eigenvalue weighted by atomic mass is 16.5. The van der Waals surface area contributed by atoms with Crippen molar-refractivity contribution in [1.82, 2.24) is 19.6 Å². The summed E-state index contributed by atoms with van der Waals surface area (Å²) in [6.45, 7) is 5.23. The van der Waals surface area contributed by atoms with Crippen molar-refractivity contribution >= 4 is 17.9 Å². The van der Waals surface area contributed by atoms with Crippen LogP contribution in [-0.2, 0) is 19.9 Å². The summed E-state index contributed by atoms with van der Waals surface area (Å²) in [6, 6.07) is 17.3. The van der Waals surface area contributed by atoms with Crippen LogP contribution in [0.3, 0.4) is 0 Å². The van der Waals surface area contributed by atoms with E-state index < -0.39 is 36.1 Å². The first kappa shape index (κ1) is 27.7. The molecule has 38 heavy (non-hydrogen) atoms. The van der Waals surface area contributed by atoms with Crippen LogP contribution in [0.1, 0.15) is 18.1 Å². The first-order valence-corrected chi connectivity index (χ1v) is 13.1. The predicted octanol–water partition coefficient (Wildman–Crippen LogP) is 0.728. The molecule has 2 fully saturated rings. The monoisotopic (exact) mass is 524 g/mol. The van der Waals surface area contributed by atoms with E-state index in [4.69, 9.17) is 4.74 Å². The lowest BCUT2D eigenvalue weighted by Gasteiger charge is -2.39. The number of esters is 1. The molecule has 2 aliphatic heterocycles. The number of imide groups is 1. The quantitative estimate of drug-likeness (QED) is 0.327. The van der Waals surface area contributed by atoms with Crippen molar-refractivity contribution in [1.29, 1.82) is 0 Å². The van der Waals surface area contributed by atoms with Crippen molar-refractivity contribution in [2.24, 2.45) is 0 Å². The second kappa shape index (κ2) is 12.5. The van der Waals surface area contributed by atoms with Crippen LogP contribution < -0.4 is 0 Å². The van der Waals surface area contributed by atoms with Crippen molar-refractivity contribution in [3.05, 3.63) is 71.8 Å². The van der Waals surface area contributed by atoms with Gasteiger partial charge in [0.05, 0.1) is 25.9 Å². The number of carbonyl (C=O) groups excluding carboxylic acids is 3. The van der Waals surface area contributed by atoms with Gasteiger partial charge < -0.3 is 14.9 Å². The molecule has 1 atom stereocenters. The van der Waals surface area contributed by atoms with Crippen LogP contribution in [0, 0.1) is 0 Å². The SMILES string of the molecule is CCOC(=O)CN1C(=O)N(CC(O)CN2CCN(CCO)CC2)C(c2ccccc2)(c2ccccc2)C1=O. The van der Waals surface area contributed by atoms with E-state index >= 15 is 0 Å². The number of carbonyl (C=O) groups is 3. The fourth-order valence-corrected chi connectivity index (χ4v) is 5.36. The third-order valence-corrected chi connectivity index (χ3v) is 7.14. The smallest absolute Gasteiger partial charge is 0.328 e. The molecule has 1 unspecified atom stereocenters. The zero-order valence-electron chi connectivity index (χ0n) is 21.7. The molecule has 0 bridgehead atoms. The first-order valence-electron chi connectivity index (χ1n) is 13.1. The number of piperazine rings is 1. The van der Waals surface area contributed by atoms with Crippen LogP contribution in [0.2, 0.25) is 0 Å². The molecular formula is C28H36N4O6. The van der Waals surface area contributed by atoms with E-state index in [9.17, 15) is 24.6 Å². The second-order valence-corrected chi connectivity index (χ2v) is 9.55. The van der Waals surface area contributed by atoms with Gasteiger partial charge in [-0.15, -0.1) is 0 Å². The van der Waals surface area contributed by atoms with E-state index in [2.05, 4.69) is 9.80 Å². The summed E-state index contributed by atoms with van der Waals surface area (Å²) < 4.78 is 5.04. The summed E-state index contributed by atoms with van der Waals surface area (Å²) in [7, 11) is 0. The standard InChI is InChI=1S/C28H36N4O6/c1-2-38-25(35)21-31-26(36)28(22-9-5-3-6-10-22,23-11-7-4-8-12-23)32(27(31)37)20-24(34)19-30-15-13-29(14-16-30)17-18-33/h3-12,24,33-34H,2,13-21H2,1H3. The van der Waals surface area contributed by atoms with Gasteiger partial charge in [-0.2, -0.15) is 0 Å². The highest BCUT2D eigenvalue weighted by Crippen LogP contribution is 2.43. The van der Waals surface area contributed by atoms with Crippen molar-refractivity contribution in [2.45, 2.75) is 18.6 Å². The zero-order chi connectivity index (χ0) is 27.1. The summed E-state index contributed by atoms with van der Waals surface area (Å²) in [5, 5.41) is 20.4. The Hall–Kier alpha value is -3.31. The Bertz CT molecular complexity index is 1050. The molecule has 2 aromatic rings. The minimum atomic E-state index is -1.55. The van der Waals surface area contributed by atoms with E-state index in [0.29, 0.717) is 24.2 Å². The van der Waals surface area contributed by atoms with Gasteiger partial charge in [0.2, 0.25) is 0 Å². The normalized spacial score (nSPS) is 19.1. The molecule has 2 N–H and O–H groups in total. The number of benzene rings is 2. The maximum Gasteiger partial charge on any atom is 0.328 e. The van der Waals surface area contributed by atoms with Gasteiger partial charge >= 0.3 is 12.0 Å². The molecule has 0 spiro atoms. The Morgan fingerprint density at radius 1 is 0.921 bits per heavy atom. The molecular weight excluding hydrogens is 488 g/mol. The van der Waals surface area contributed by atoms with Crippen LogP contribution in [0.5, 0.6) is 0 Å². The number of hydrogen-bond donors (Lipinski definition) is 2. The Labute approximate surface area is 223 Å². The Balaban J connectivity index is 1.67. The summed E-state index contributed by atoms with van der Waals surface area (Å²) in [4.78, 5) is 47.0. The van der Waals surface area contributed by atoms with E-state index in [1.54, 1.807) is 55.5 Å². The van der Waals surface area contributed by atoms with Crippen LogP contribution >= 0.6 is 0 Å². The van der Waals surface area contributed by atoms with Crippen molar-refractivity contribution in [2.75, 3.05) is 65.6 Å². The fraction of sp³-hybridized carbons (Fsp3) is 0.464. The van der Waals surface area contributed by atoms with Crippen LogP contribution in [0.15, 0.2) is 60.7 Å². The molecule has 2 heterocycles. The van der Waals surface area contributed by atoms with E-state index in [1.165, 1.54) is 4.90 Å². The highest BCUT2D eigenvalue weighted by molar-refractivity contribution is 6.11. The molecule has 10 nitrogen and oxygen atoms in total. The Morgan fingerprint density at radius 2 is 1.47 bits per heavy atom. The van der Waals surface area contributed by atoms with Crippen molar-refractivity contribution < 1.29 is 29.3 Å². The number of aliphatic hydroxyl groups excluding tert-OH is 2. The maximum absolute atomic E-state index is 14.2. The maximum atomic E-state index is 14.2. The molecule has 0 aromatic heterocycles. The number of ether oxygens (including phenoxy) is 1. The van der Waals surface area contributed by atoms with Gasteiger partial charge in [-0.25, -0.2) is 4.79 Å². The third-order valence-electron chi connectivity index (χ3n) is 7.14. The topological polar surface area (TPSA) is 114 Å². The van der Waals surface area contributed by atoms with Gasteiger partial charge in [0, 0.05) is 39.3 Å². The molecule has 0 aliphatic carbocycles. The number of nitrogens with zero attached hydrogens (tertiary/aromatic N) is 4. The van der Waals surface area contributed by atoms with Gasteiger partial charge in [0.1, 0.15) is 6.54 Å². The average Bonchev–Trinajstić information content (AvgIpc) is 3.13. The van der Waals surface area contributed by atoms with Gasteiger partial charge in [0.25, 0.3) is 5.91 Å². The minimum Gasteiger partial charge on any atom is -0.465 e. The molecule has 204 valence electrons. The third kappa shape index (κ3) is 5.58. The minimum absolute atomic E-state index is 0.107.